The predicted molar refractivity (Wildman–Crippen MR) is 98.8 cm³/mol. The maximum Gasteiger partial charge on any atom is 0.422 e. The second-order valence-corrected chi connectivity index (χ2v) is 6.98. The van der Waals surface area contributed by atoms with Crippen molar-refractivity contribution in [2.75, 3.05) is 19.7 Å². The monoisotopic (exact) mass is 440 g/mol. The number of oxazole rings is 1. The molecule has 0 spiro atoms. The zero-order valence-corrected chi connectivity index (χ0v) is 16.0. The van der Waals surface area contributed by atoms with Gasteiger partial charge in [0, 0.05) is 24.8 Å². The zero-order valence-electron chi connectivity index (χ0n) is 16.0. The molecule has 31 heavy (non-hydrogen) atoms. The van der Waals surface area contributed by atoms with Gasteiger partial charge in [-0.2, -0.15) is 13.2 Å². The van der Waals surface area contributed by atoms with Crippen LogP contribution in [0.15, 0.2) is 33.6 Å². The van der Waals surface area contributed by atoms with E-state index >= 15 is 0 Å². The summed E-state index contributed by atoms with van der Waals surface area (Å²) in [5.74, 6) is -2.89. The summed E-state index contributed by atoms with van der Waals surface area (Å²) < 4.78 is 61.4. The Bertz CT molecular complexity index is 1180. The number of likely N-dealkylation sites (tertiary alicyclic amines) is 1. The summed E-state index contributed by atoms with van der Waals surface area (Å²) in [6.07, 6.45) is -1.73. The van der Waals surface area contributed by atoms with E-state index in [1.54, 1.807) is 4.90 Å². The predicted octanol–water partition coefficient (Wildman–Crippen LogP) is 2.75. The lowest BCUT2D eigenvalue weighted by Gasteiger charge is -2.14. The van der Waals surface area contributed by atoms with Crippen LogP contribution in [0.1, 0.15) is 12.8 Å². The molecule has 0 radical (unpaired) electrons. The number of fused-ring (bicyclic) bond motifs is 1. The number of rotatable bonds is 5. The van der Waals surface area contributed by atoms with Gasteiger partial charge in [-0.05, 0) is 31.0 Å². The summed E-state index contributed by atoms with van der Waals surface area (Å²) in [7, 11) is 0. The van der Waals surface area contributed by atoms with Crippen LogP contribution in [0.4, 0.5) is 17.6 Å². The first-order valence-corrected chi connectivity index (χ1v) is 9.35. The topological polar surface area (TPSA) is 90.5 Å². The molecule has 8 nitrogen and oxygen atoms in total. The van der Waals surface area contributed by atoms with Crippen molar-refractivity contribution in [1.82, 2.24) is 19.4 Å². The molecule has 0 N–H and O–H groups in total. The Morgan fingerprint density at radius 1 is 1.23 bits per heavy atom. The van der Waals surface area contributed by atoms with Crippen molar-refractivity contribution in [1.29, 1.82) is 0 Å². The Kier molecular flexibility index (Phi) is 5.38. The normalized spacial score (nSPS) is 14.4. The van der Waals surface area contributed by atoms with Gasteiger partial charge >= 0.3 is 11.9 Å². The minimum Gasteiger partial charge on any atom is -0.466 e. The van der Waals surface area contributed by atoms with Crippen molar-refractivity contribution in [3.63, 3.8) is 0 Å². The van der Waals surface area contributed by atoms with E-state index in [0.29, 0.717) is 13.1 Å². The highest BCUT2D eigenvalue weighted by molar-refractivity contribution is 5.79. The van der Waals surface area contributed by atoms with E-state index in [9.17, 15) is 27.2 Å². The van der Waals surface area contributed by atoms with Gasteiger partial charge in [-0.1, -0.05) is 0 Å². The maximum absolute atomic E-state index is 14.1. The van der Waals surface area contributed by atoms with E-state index in [1.807, 2.05) is 0 Å². The Morgan fingerprint density at radius 2 is 1.97 bits per heavy atom. The molecular weight excluding hydrogens is 424 g/mol. The largest absolute Gasteiger partial charge is 0.466 e. The van der Waals surface area contributed by atoms with Crippen molar-refractivity contribution >= 4 is 17.1 Å². The van der Waals surface area contributed by atoms with Crippen molar-refractivity contribution in [2.45, 2.75) is 25.6 Å². The molecule has 0 atom stereocenters. The summed E-state index contributed by atoms with van der Waals surface area (Å²) in [6.45, 7) is -0.683. The number of amides is 1. The number of aromatic nitrogens is 3. The fraction of sp³-hybridized carbons (Fsp3) is 0.368. The fourth-order valence-electron chi connectivity index (χ4n) is 3.27. The highest BCUT2D eigenvalue weighted by Gasteiger charge is 2.29. The summed E-state index contributed by atoms with van der Waals surface area (Å²) in [5, 5.41) is 0. The van der Waals surface area contributed by atoms with Gasteiger partial charge in [0.15, 0.2) is 23.7 Å². The van der Waals surface area contributed by atoms with E-state index in [4.69, 9.17) is 4.42 Å². The van der Waals surface area contributed by atoms with Crippen LogP contribution in [-0.4, -0.2) is 51.2 Å². The number of alkyl halides is 3. The number of carbonyl (C=O) groups is 1. The molecule has 0 unspecified atom stereocenters. The van der Waals surface area contributed by atoms with Gasteiger partial charge in [-0.15, -0.1) is 0 Å². The lowest BCUT2D eigenvalue weighted by Crippen LogP contribution is -2.33. The molecule has 1 fully saturated rings. The number of carbonyl (C=O) groups excluding carboxylic acids is 1. The lowest BCUT2D eigenvalue weighted by molar-refractivity contribution is -0.154. The van der Waals surface area contributed by atoms with Gasteiger partial charge < -0.3 is 14.1 Å². The Morgan fingerprint density at radius 3 is 2.65 bits per heavy atom. The SMILES string of the molecule is O=C(Cn1c(=O)oc2ccc(-c3cnc(OCC(F)(F)F)c(F)c3)nc21)N1CCCC1. The fourth-order valence-corrected chi connectivity index (χ4v) is 3.27. The molecule has 1 aliphatic rings. The van der Waals surface area contributed by atoms with Gasteiger partial charge in [-0.3, -0.25) is 4.79 Å². The van der Waals surface area contributed by atoms with Crippen molar-refractivity contribution in [2.24, 2.45) is 0 Å². The van der Waals surface area contributed by atoms with Crippen LogP contribution in [-0.2, 0) is 11.3 Å². The summed E-state index contributed by atoms with van der Waals surface area (Å²) in [4.78, 5) is 34.1. The van der Waals surface area contributed by atoms with E-state index in [1.165, 1.54) is 12.1 Å². The highest BCUT2D eigenvalue weighted by Crippen LogP contribution is 2.25. The number of pyridine rings is 2. The second-order valence-electron chi connectivity index (χ2n) is 6.98. The first kappa shape index (κ1) is 20.8. The van der Waals surface area contributed by atoms with Crippen LogP contribution in [0.25, 0.3) is 22.5 Å². The summed E-state index contributed by atoms with van der Waals surface area (Å²) in [5.41, 5.74) is 0.559. The molecule has 4 rings (SSSR count). The number of nitrogens with zero attached hydrogens (tertiary/aromatic N) is 4. The minimum absolute atomic E-state index is 0.0906. The third-order valence-corrected chi connectivity index (χ3v) is 4.74. The van der Waals surface area contributed by atoms with E-state index < -0.39 is 30.2 Å². The molecule has 4 heterocycles. The summed E-state index contributed by atoms with van der Waals surface area (Å²) >= 11 is 0. The van der Waals surface area contributed by atoms with Gasteiger partial charge in [0.25, 0.3) is 5.88 Å². The summed E-state index contributed by atoms with van der Waals surface area (Å²) in [6, 6.07) is 3.79. The van der Waals surface area contributed by atoms with Crippen LogP contribution in [0.3, 0.4) is 0 Å². The van der Waals surface area contributed by atoms with Crippen molar-refractivity contribution < 1.29 is 31.5 Å². The van der Waals surface area contributed by atoms with Crippen LogP contribution < -0.4 is 10.5 Å². The molecule has 3 aromatic rings. The number of halogens is 4. The Hall–Kier alpha value is -3.44. The van der Waals surface area contributed by atoms with Gasteiger partial charge in [0.1, 0.15) is 6.54 Å². The average Bonchev–Trinajstić information content (AvgIpc) is 3.35. The lowest BCUT2D eigenvalue weighted by atomic mass is 10.2. The van der Waals surface area contributed by atoms with Gasteiger partial charge in [-0.25, -0.2) is 23.7 Å². The highest BCUT2D eigenvalue weighted by atomic mass is 19.4. The van der Waals surface area contributed by atoms with Crippen LogP contribution >= 0.6 is 0 Å². The van der Waals surface area contributed by atoms with E-state index in [0.717, 1.165) is 29.7 Å². The molecule has 0 aromatic carbocycles. The number of hydrogen-bond acceptors (Lipinski definition) is 6. The Balaban J connectivity index is 1.62. The Labute approximate surface area is 172 Å². The van der Waals surface area contributed by atoms with E-state index in [2.05, 4.69) is 14.7 Å². The van der Waals surface area contributed by atoms with Crippen LogP contribution in [0, 0.1) is 5.82 Å². The standard InChI is InChI=1S/C19H16F4N4O4/c20-12-7-11(8-24-17(12)30-10-19(21,22)23)13-3-4-14-16(25-13)27(18(29)31-14)9-15(28)26-5-1-2-6-26/h3-4,7-8H,1-2,5-6,9-10H2. The molecule has 1 saturated heterocycles. The zero-order chi connectivity index (χ0) is 22.2. The van der Waals surface area contributed by atoms with Gasteiger partial charge in [0.2, 0.25) is 5.91 Å². The maximum atomic E-state index is 14.1. The third-order valence-electron chi connectivity index (χ3n) is 4.74. The number of ether oxygens (including phenoxy) is 1. The molecule has 3 aromatic heterocycles. The van der Waals surface area contributed by atoms with E-state index in [-0.39, 0.29) is 34.9 Å². The quantitative estimate of drug-likeness (QED) is 0.567. The smallest absolute Gasteiger partial charge is 0.422 e. The first-order valence-electron chi connectivity index (χ1n) is 9.35. The van der Waals surface area contributed by atoms with Crippen molar-refractivity contribution in [3.8, 4) is 17.1 Å². The molecule has 12 heteroatoms. The van der Waals surface area contributed by atoms with Crippen LogP contribution in [0.5, 0.6) is 5.88 Å². The molecule has 0 saturated carbocycles. The second kappa shape index (κ2) is 8.00. The minimum atomic E-state index is -4.63. The third kappa shape index (κ3) is 4.52. The molecule has 1 amide bonds. The molecular formula is C19H16F4N4O4. The molecule has 0 bridgehead atoms. The van der Waals surface area contributed by atoms with Gasteiger partial charge in [0.05, 0.1) is 5.69 Å². The average molecular weight is 440 g/mol. The number of hydrogen-bond donors (Lipinski definition) is 0. The van der Waals surface area contributed by atoms with Crippen LogP contribution in [0.2, 0.25) is 0 Å². The molecule has 1 aliphatic heterocycles. The molecule has 0 aliphatic carbocycles. The van der Waals surface area contributed by atoms with Crippen molar-refractivity contribution in [3.05, 3.63) is 40.8 Å². The molecule has 164 valence electrons. The first-order chi connectivity index (χ1) is 14.7.